The van der Waals surface area contributed by atoms with Crippen molar-refractivity contribution in [3.8, 4) is 0 Å². The van der Waals surface area contributed by atoms with Crippen LogP contribution < -0.4 is 5.32 Å². The summed E-state index contributed by atoms with van der Waals surface area (Å²) < 4.78 is 0. The molecule has 0 aliphatic carbocycles. The van der Waals surface area contributed by atoms with Crippen molar-refractivity contribution in [1.82, 2.24) is 15.1 Å². The van der Waals surface area contributed by atoms with E-state index in [0.717, 1.165) is 16.0 Å². The number of carboxylic acids is 1. The number of carboxylic acid groups (broad SMARTS) is 1. The number of urea groups is 1. The topological polar surface area (TPSA) is 107 Å². The largest absolute Gasteiger partial charge is 0.480 e. The lowest BCUT2D eigenvalue weighted by Gasteiger charge is -2.28. The molecule has 2 atom stereocenters. The standard InChI is InChI=1S/C18H21N3O5S/c1-27-10-13(17(24)25)19-15(22)6-7-20-16(23)14-8-11-4-2-3-5-12(11)9-21(14)18(20)26/h2-5,13-14H,6-10H2,1H3,(H,19,22)(H,24,25). The lowest BCUT2D eigenvalue weighted by molar-refractivity contribution is -0.141. The fraction of sp³-hybridized carbons (Fsp3) is 0.444. The molecule has 0 spiro atoms. The number of benzene rings is 1. The number of thioether (sulfide) groups is 1. The van der Waals surface area contributed by atoms with E-state index in [9.17, 15) is 19.2 Å². The van der Waals surface area contributed by atoms with Crippen molar-refractivity contribution in [2.24, 2.45) is 0 Å². The summed E-state index contributed by atoms with van der Waals surface area (Å²) in [6.45, 7) is 0.321. The highest BCUT2D eigenvalue weighted by Crippen LogP contribution is 2.29. The second kappa shape index (κ2) is 7.99. The number of carbonyl (C=O) groups excluding carboxylic acids is 3. The minimum absolute atomic E-state index is 0.0571. The highest BCUT2D eigenvalue weighted by atomic mass is 32.2. The SMILES string of the molecule is CSCC(NC(=O)CCN1C(=O)C2Cc3ccccc3CN2C1=O)C(=O)O. The summed E-state index contributed by atoms with van der Waals surface area (Å²) in [5, 5.41) is 11.5. The summed E-state index contributed by atoms with van der Waals surface area (Å²) in [5.74, 6) is -1.66. The molecule has 0 bridgehead atoms. The van der Waals surface area contributed by atoms with Crippen molar-refractivity contribution in [2.75, 3.05) is 18.6 Å². The fourth-order valence-corrected chi connectivity index (χ4v) is 3.96. The first kappa shape index (κ1) is 19.2. The maximum Gasteiger partial charge on any atom is 0.327 e. The van der Waals surface area contributed by atoms with Crippen molar-refractivity contribution in [2.45, 2.75) is 31.5 Å². The number of aliphatic carboxylic acids is 1. The molecule has 1 aromatic carbocycles. The normalized spacial score (nSPS) is 19.5. The van der Waals surface area contributed by atoms with E-state index in [1.165, 1.54) is 16.7 Å². The Bertz CT molecular complexity index is 741. The molecule has 2 N–H and O–H groups in total. The number of carbonyl (C=O) groups is 4. The average Bonchev–Trinajstić information content (AvgIpc) is 2.88. The van der Waals surface area contributed by atoms with Crippen LogP contribution in [-0.2, 0) is 27.3 Å². The highest BCUT2D eigenvalue weighted by molar-refractivity contribution is 7.98. The number of hydrogen-bond acceptors (Lipinski definition) is 5. The third-order valence-corrected chi connectivity index (χ3v) is 5.47. The quantitative estimate of drug-likeness (QED) is 0.663. The van der Waals surface area contributed by atoms with Gasteiger partial charge in [-0.3, -0.25) is 14.5 Å². The molecule has 2 aliphatic heterocycles. The second-order valence-electron chi connectivity index (χ2n) is 6.55. The van der Waals surface area contributed by atoms with Gasteiger partial charge in [0.15, 0.2) is 0 Å². The van der Waals surface area contributed by atoms with E-state index < -0.39 is 30.0 Å². The summed E-state index contributed by atoms with van der Waals surface area (Å²) in [6, 6.07) is 5.79. The predicted octanol–water partition coefficient (Wildman–Crippen LogP) is 0.698. The molecule has 8 nitrogen and oxygen atoms in total. The van der Waals surface area contributed by atoms with Crippen LogP contribution in [0, 0.1) is 0 Å². The second-order valence-corrected chi connectivity index (χ2v) is 7.46. The van der Waals surface area contributed by atoms with E-state index in [4.69, 9.17) is 5.11 Å². The maximum atomic E-state index is 12.6. The summed E-state index contributed by atoms with van der Waals surface area (Å²) in [5.41, 5.74) is 2.08. The molecule has 0 aromatic heterocycles. The number of nitrogens with zero attached hydrogens (tertiary/aromatic N) is 2. The van der Waals surface area contributed by atoms with Crippen LogP contribution in [0.3, 0.4) is 0 Å². The van der Waals surface area contributed by atoms with E-state index in [0.29, 0.717) is 13.0 Å². The van der Waals surface area contributed by atoms with Gasteiger partial charge in [0.05, 0.1) is 0 Å². The summed E-state index contributed by atoms with van der Waals surface area (Å²) in [6.07, 6.45) is 2.10. The number of hydrogen-bond donors (Lipinski definition) is 2. The van der Waals surface area contributed by atoms with Crippen LogP contribution in [0.5, 0.6) is 0 Å². The van der Waals surface area contributed by atoms with Crippen LogP contribution in [0.15, 0.2) is 24.3 Å². The van der Waals surface area contributed by atoms with Crippen LogP contribution in [-0.4, -0.2) is 69.4 Å². The third kappa shape index (κ3) is 3.92. The van der Waals surface area contributed by atoms with Crippen LogP contribution in [0.25, 0.3) is 0 Å². The first-order valence-electron chi connectivity index (χ1n) is 8.62. The van der Waals surface area contributed by atoms with Gasteiger partial charge in [-0.15, -0.1) is 0 Å². The van der Waals surface area contributed by atoms with E-state index in [2.05, 4.69) is 5.32 Å². The lowest BCUT2D eigenvalue weighted by atomic mass is 9.95. The molecule has 1 aromatic rings. The Hall–Kier alpha value is -2.55. The average molecular weight is 391 g/mol. The van der Waals surface area contributed by atoms with Crippen LogP contribution in [0.1, 0.15) is 17.5 Å². The van der Waals surface area contributed by atoms with Gasteiger partial charge >= 0.3 is 12.0 Å². The van der Waals surface area contributed by atoms with Gasteiger partial charge in [-0.2, -0.15) is 11.8 Å². The number of nitrogens with one attached hydrogen (secondary N) is 1. The van der Waals surface area contributed by atoms with Crippen molar-refractivity contribution >= 4 is 35.6 Å². The fourth-order valence-electron chi connectivity index (χ4n) is 3.40. The molecule has 2 unspecified atom stereocenters. The molecular formula is C18H21N3O5S. The number of rotatable bonds is 7. The van der Waals surface area contributed by atoms with E-state index >= 15 is 0 Å². The predicted molar refractivity (Wildman–Crippen MR) is 99.2 cm³/mol. The first-order valence-corrected chi connectivity index (χ1v) is 10.0. The number of imide groups is 1. The molecule has 4 amide bonds. The monoisotopic (exact) mass is 391 g/mol. The zero-order valence-electron chi connectivity index (χ0n) is 14.9. The molecule has 2 aliphatic rings. The molecule has 9 heteroatoms. The zero-order chi connectivity index (χ0) is 19.6. The Balaban J connectivity index is 1.61. The third-order valence-electron chi connectivity index (χ3n) is 4.81. The van der Waals surface area contributed by atoms with Gasteiger partial charge in [-0.05, 0) is 17.4 Å². The molecular weight excluding hydrogens is 370 g/mol. The van der Waals surface area contributed by atoms with Crippen molar-refractivity contribution in [1.29, 1.82) is 0 Å². The Morgan fingerprint density at radius 3 is 2.67 bits per heavy atom. The molecule has 1 fully saturated rings. The molecule has 144 valence electrons. The first-order chi connectivity index (χ1) is 12.9. The Labute approximate surface area is 160 Å². The molecule has 1 saturated heterocycles. The van der Waals surface area contributed by atoms with E-state index in [-0.39, 0.29) is 24.6 Å². The molecule has 27 heavy (non-hydrogen) atoms. The Morgan fingerprint density at radius 2 is 2.00 bits per heavy atom. The number of fused-ring (bicyclic) bond motifs is 2. The summed E-state index contributed by atoms with van der Waals surface area (Å²) in [7, 11) is 0. The summed E-state index contributed by atoms with van der Waals surface area (Å²) >= 11 is 1.31. The molecule has 0 saturated carbocycles. The lowest BCUT2D eigenvalue weighted by Crippen LogP contribution is -2.44. The molecule has 3 rings (SSSR count). The van der Waals surface area contributed by atoms with Gasteiger partial charge < -0.3 is 15.3 Å². The van der Waals surface area contributed by atoms with Crippen LogP contribution >= 0.6 is 11.8 Å². The van der Waals surface area contributed by atoms with Crippen molar-refractivity contribution < 1.29 is 24.3 Å². The van der Waals surface area contributed by atoms with Crippen LogP contribution in [0.4, 0.5) is 4.79 Å². The smallest absolute Gasteiger partial charge is 0.327 e. The van der Waals surface area contributed by atoms with Gasteiger partial charge in [-0.1, -0.05) is 24.3 Å². The Morgan fingerprint density at radius 1 is 1.30 bits per heavy atom. The van der Waals surface area contributed by atoms with E-state index in [1.54, 1.807) is 6.26 Å². The van der Waals surface area contributed by atoms with Gasteiger partial charge in [0.1, 0.15) is 12.1 Å². The number of amides is 4. The zero-order valence-corrected chi connectivity index (χ0v) is 15.7. The van der Waals surface area contributed by atoms with Gasteiger partial charge in [0.2, 0.25) is 5.91 Å². The van der Waals surface area contributed by atoms with E-state index in [1.807, 2.05) is 24.3 Å². The van der Waals surface area contributed by atoms with Gasteiger partial charge in [-0.25, -0.2) is 9.59 Å². The van der Waals surface area contributed by atoms with Crippen molar-refractivity contribution in [3.05, 3.63) is 35.4 Å². The van der Waals surface area contributed by atoms with Gasteiger partial charge in [0, 0.05) is 31.7 Å². The van der Waals surface area contributed by atoms with Gasteiger partial charge in [0.25, 0.3) is 5.91 Å². The molecule has 0 radical (unpaired) electrons. The summed E-state index contributed by atoms with van der Waals surface area (Å²) in [4.78, 5) is 51.0. The van der Waals surface area contributed by atoms with Crippen molar-refractivity contribution in [3.63, 3.8) is 0 Å². The minimum Gasteiger partial charge on any atom is -0.480 e. The minimum atomic E-state index is -1.11. The Kier molecular flexibility index (Phi) is 5.69. The maximum absolute atomic E-state index is 12.6. The molecule has 2 heterocycles. The highest BCUT2D eigenvalue weighted by Gasteiger charge is 2.46. The van der Waals surface area contributed by atoms with Crippen LogP contribution in [0.2, 0.25) is 0 Å².